The highest BCUT2D eigenvalue weighted by atomic mass is 16.6. The number of nitrogens with zero attached hydrogens (tertiary/aromatic N) is 3. The van der Waals surface area contributed by atoms with E-state index in [1.165, 1.54) is 26.2 Å². The van der Waals surface area contributed by atoms with Crippen LogP contribution in [-0.4, -0.2) is 39.8 Å². The highest BCUT2D eigenvalue weighted by molar-refractivity contribution is 5.99. The van der Waals surface area contributed by atoms with Crippen LogP contribution in [-0.2, 0) is 16.6 Å². The average Bonchev–Trinajstić information content (AvgIpc) is 2.86. The summed E-state index contributed by atoms with van der Waals surface area (Å²) >= 11 is 0. The molecule has 0 fully saturated rings. The molecule has 0 unspecified atom stereocenters. The first-order valence-electron chi connectivity index (χ1n) is 8.00. The van der Waals surface area contributed by atoms with Crippen molar-refractivity contribution < 1.29 is 24.0 Å². The molecule has 1 N–H and O–H groups in total. The average molecular weight is 376 g/mol. The summed E-state index contributed by atoms with van der Waals surface area (Å²) in [5.74, 6) is -1.35. The van der Waals surface area contributed by atoms with Crippen LogP contribution < -0.4 is 10.1 Å². The number of benzene rings is 1. The number of nitro groups is 1. The summed E-state index contributed by atoms with van der Waals surface area (Å²) in [4.78, 5) is 35.0. The molecule has 144 valence electrons. The van der Waals surface area contributed by atoms with Gasteiger partial charge in [0.2, 0.25) is 0 Å². The van der Waals surface area contributed by atoms with E-state index in [1.54, 1.807) is 25.6 Å². The fourth-order valence-corrected chi connectivity index (χ4v) is 2.43. The molecule has 0 aliphatic heterocycles. The number of non-ortho nitro benzene ring substituents is 1. The number of carbonyl (C=O) groups is 2. The van der Waals surface area contributed by atoms with Crippen molar-refractivity contribution >= 4 is 23.3 Å². The van der Waals surface area contributed by atoms with E-state index in [2.05, 4.69) is 10.4 Å². The Morgan fingerprint density at radius 3 is 2.52 bits per heavy atom. The second kappa shape index (κ2) is 7.85. The van der Waals surface area contributed by atoms with Gasteiger partial charge in [0, 0.05) is 19.2 Å². The maximum absolute atomic E-state index is 12.4. The van der Waals surface area contributed by atoms with Crippen LogP contribution in [0.5, 0.6) is 5.75 Å². The van der Waals surface area contributed by atoms with Gasteiger partial charge in [-0.05, 0) is 26.8 Å². The predicted molar refractivity (Wildman–Crippen MR) is 95.8 cm³/mol. The SMILES string of the molecule is COc1ccc([N+](=O)[O-])cc1C(=O)O[C@@H](C)C(=O)Nc1c(C)nn(C)c1C. The van der Waals surface area contributed by atoms with E-state index in [0.29, 0.717) is 11.4 Å². The second-order valence-electron chi connectivity index (χ2n) is 5.85. The molecule has 1 aromatic heterocycles. The minimum Gasteiger partial charge on any atom is -0.496 e. The van der Waals surface area contributed by atoms with Crippen molar-refractivity contribution in [1.29, 1.82) is 0 Å². The topological polar surface area (TPSA) is 126 Å². The fourth-order valence-electron chi connectivity index (χ4n) is 2.43. The van der Waals surface area contributed by atoms with Crippen LogP contribution in [0.3, 0.4) is 0 Å². The zero-order valence-corrected chi connectivity index (χ0v) is 15.6. The van der Waals surface area contributed by atoms with E-state index in [-0.39, 0.29) is 17.0 Å². The van der Waals surface area contributed by atoms with Crippen LogP contribution in [0.2, 0.25) is 0 Å². The monoisotopic (exact) mass is 376 g/mol. The molecule has 27 heavy (non-hydrogen) atoms. The molecule has 0 spiro atoms. The van der Waals surface area contributed by atoms with Crippen LogP contribution in [0.15, 0.2) is 18.2 Å². The number of aromatic nitrogens is 2. The van der Waals surface area contributed by atoms with Crippen molar-refractivity contribution in [3.05, 3.63) is 45.3 Å². The first-order valence-corrected chi connectivity index (χ1v) is 8.00. The molecule has 0 bridgehead atoms. The zero-order valence-electron chi connectivity index (χ0n) is 15.6. The number of nitro benzene ring substituents is 1. The fraction of sp³-hybridized carbons (Fsp3) is 0.353. The van der Waals surface area contributed by atoms with Crippen molar-refractivity contribution in [3.8, 4) is 5.75 Å². The minimum atomic E-state index is -1.14. The summed E-state index contributed by atoms with van der Waals surface area (Å²) in [5.41, 5.74) is 1.49. The summed E-state index contributed by atoms with van der Waals surface area (Å²) in [6.45, 7) is 4.94. The molecule has 2 aromatic rings. The van der Waals surface area contributed by atoms with Gasteiger partial charge < -0.3 is 14.8 Å². The Bertz CT molecular complexity index is 905. The Morgan fingerprint density at radius 2 is 2.00 bits per heavy atom. The van der Waals surface area contributed by atoms with Gasteiger partial charge in [0.15, 0.2) is 6.10 Å². The Kier molecular flexibility index (Phi) is 5.78. The highest BCUT2D eigenvalue weighted by Gasteiger charge is 2.25. The van der Waals surface area contributed by atoms with Crippen LogP contribution in [0.1, 0.15) is 28.7 Å². The van der Waals surface area contributed by atoms with Crippen LogP contribution >= 0.6 is 0 Å². The number of carbonyl (C=O) groups excluding carboxylic acids is 2. The zero-order chi connectivity index (χ0) is 20.3. The molecule has 10 nitrogen and oxygen atoms in total. The number of esters is 1. The Balaban J connectivity index is 2.16. The van der Waals surface area contributed by atoms with Crippen molar-refractivity contribution in [2.24, 2.45) is 7.05 Å². The smallest absolute Gasteiger partial charge is 0.342 e. The van der Waals surface area contributed by atoms with Crippen molar-refractivity contribution in [3.63, 3.8) is 0 Å². The highest BCUT2D eigenvalue weighted by Crippen LogP contribution is 2.25. The third kappa shape index (κ3) is 4.22. The number of aryl methyl sites for hydroxylation is 2. The lowest BCUT2D eigenvalue weighted by atomic mass is 10.1. The number of anilines is 1. The number of ether oxygens (including phenoxy) is 2. The van der Waals surface area contributed by atoms with E-state index < -0.39 is 22.9 Å². The first kappa shape index (κ1) is 19.9. The van der Waals surface area contributed by atoms with Gasteiger partial charge in [-0.15, -0.1) is 0 Å². The second-order valence-corrected chi connectivity index (χ2v) is 5.85. The third-order valence-corrected chi connectivity index (χ3v) is 4.02. The molecular weight excluding hydrogens is 356 g/mol. The van der Waals surface area contributed by atoms with Gasteiger partial charge >= 0.3 is 5.97 Å². The van der Waals surface area contributed by atoms with Gasteiger partial charge in [0.05, 0.1) is 29.1 Å². The molecule has 0 aliphatic carbocycles. The van der Waals surface area contributed by atoms with Gasteiger partial charge in [-0.2, -0.15) is 5.10 Å². The van der Waals surface area contributed by atoms with Crippen LogP contribution in [0.4, 0.5) is 11.4 Å². The molecule has 10 heteroatoms. The third-order valence-electron chi connectivity index (χ3n) is 4.02. The summed E-state index contributed by atoms with van der Waals surface area (Å²) in [6, 6.07) is 3.54. The Labute approximate surface area is 155 Å². The molecule has 0 aliphatic rings. The normalized spacial score (nSPS) is 11.6. The summed E-state index contributed by atoms with van der Waals surface area (Å²) in [6.07, 6.45) is -1.14. The van der Waals surface area contributed by atoms with Gasteiger partial charge in [-0.1, -0.05) is 0 Å². The molecule has 1 aromatic carbocycles. The molecule has 1 heterocycles. The Morgan fingerprint density at radius 1 is 1.33 bits per heavy atom. The maximum atomic E-state index is 12.4. The summed E-state index contributed by atoms with van der Waals surface area (Å²) in [5, 5.41) is 17.8. The molecule has 1 amide bonds. The summed E-state index contributed by atoms with van der Waals surface area (Å²) in [7, 11) is 3.07. The van der Waals surface area contributed by atoms with Crippen LogP contribution in [0, 0.1) is 24.0 Å². The number of hydrogen-bond acceptors (Lipinski definition) is 7. The van der Waals surface area contributed by atoms with E-state index in [4.69, 9.17) is 9.47 Å². The number of rotatable bonds is 6. The summed E-state index contributed by atoms with van der Waals surface area (Å²) < 4.78 is 11.8. The minimum absolute atomic E-state index is 0.108. The quantitative estimate of drug-likeness (QED) is 0.465. The van der Waals surface area contributed by atoms with Gasteiger partial charge in [0.1, 0.15) is 11.3 Å². The number of nitrogens with one attached hydrogen (secondary N) is 1. The van der Waals surface area contributed by atoms with E-state index in [9.17, 15) is 19.7 Å². The maximum Gasteiger partial charge on any atom is 0.342 e. The molecule has 0 radical (unpaired) electrons. The molecule has 1 atom stereocenters. The lowest BCUT2D eigenvalue weighted by Gasteiger charge is -2.15. The predicted octanol–water partition coefficient (Wildman–Crippen LogP) is 2.14. The number of amides is 1. The van der Waals surface area contributed by atoms with Gasteiger partial charge in [-0.3, -0.25) is 19.6 Å². The van der Waals surface area contributed by atoms with Crippen molar-refractivity contribution in [2.75, 3.05) is 12.4 Å². The number of hydrogen-bond donors (Lipinski definition) is 1. The van der Waals surface area contributed by atoms with E-state index in [0.717, 1.165) is 11.8 Å². The molecular formula is C17H20N4O6. The van der Waals surface area contributed by atoms with Crippen LogP contribution in [0.25, 0.3) is 0 Å². The van der Waals surface area contributed by atoms with E-state index >= 15 is 0 Å². The number of methoxy groups -OCH3 is 1. The lowest BCUT2D eigenvalue weighted by Crippen LogP contribution is -2.30. The Hall–Kier alpha value is -3.43. The standard InChI is InChI=1S/C17H20N4O6/c1-9-15(10(2)20(4)19-9)18-16(22)11(3)27-17(23)13-8-12(21(24)25)6-7-14(13)26-5/h6-8,11H,1-5H3,(H,18,22)/t11-/m0/s1. The molecule has 0 saturated carbocycles. The molecule has 2 rings (SSSR count). The van der Waals surface area contributed by atoms with E-state index in [1.807, 2.05) is 0 Å². The van der Waals surface area contributed by atoms with Gasteiger partial charge in [0.25, 0.3) is 11.6 Å². The van der Waals surface area contributed by atoms with Gasteiger partial charge in [-0.25, -0.2) is 4.79 Å². The first-order chi connectivity index (χ1) is 12.6. The molecule has 0 saturated heterocycles. The van der Waals surface area contributed by atoms with Crippen molar-refractivity contribution in [2.45, 2.75) is 26.9 Å². The lowest BCUT2D eigenvalue weighted by molar-refractivity contribution is -0.384. The van der Waals surface area contributed by atoms with Crippen molar-refractivity contribution in [1.82, 2.24) is 9.78 Å². The largest absolute Gasteiger partial charge is 0.496 e.